The summed E-state index contributed by atoms with van der Waals surface area (Å²) in [5.74, 6) is 0.400. The summed E-state index contributed by atoms with van der Waals surface area (Å²) < 4.78 is 5.66. The smallest absolute Gasteiger partial charge is 0.251 e. The van der Waals surface area contributed by atoms with Gasteiger partial charge in [-0.2, -0.15) is 0 Å². The van der Waals surface area contributed by atoms with Crippen LogP contribution in [0.4, 0.5) is 5.69 Å². The molecular weight excluding hydrogens is 328 g/mol. The first-order valence-electron chi connectivity index (χ1n) is 8.65. The van der Waals surface area contributed by atoms with E-state index in [0.29, 0.717) is 24.4 Å². The fourth-order valence-corrected chi connectivity index (χ4v) is 2.43. The Bertz CT molecular complexity index is 762. The van der Waals surface area contributed by atoms with Gasteiger partial charge in [0.25, 0.3) is 5.91 Å². The highest BCUT2D eigenvalue weighted by atomic mass is 16.5. The molecular formula is C21H26N2O3. The van der Waals surface area contributed by atoms with E-state index >= 15 is 0 Å². The maximum atomic E-state index is 12.2. The molecule has 0 atom stereocenters. The van der Waals surface area contributed by atoms with E-state index in [2.05, 4.69) is 43.5 Å². The molecule has 2 N–H and O–H groups in total. The molecule has 0 saturated carbocycles. The third kappa shape index (κ3) is 5.92. The van der Waals surface area contributed by atoms with Gasteiger partial charge in [-0.3, -0.25) is 9.59 Å². The van der Waals surface area contributed by atoms with Gasteiger partial charge in [-0.25, -0.2) is 0 Å². The molecule has 0 bridgehead atoms. The lowest BCUT2D eigenvalue weighted by Crippen LogP contribution is -2.28. The molecule has 138 valence electrons. The Labute approximate surface area is 154 Å². The number of rotatable bonds is 6. The van der Waals surface area contributed by atoms with Crippen LogP contribution in [0.2, 0.25) is 0 Å². The third-order valence-electron chi connectivity index (χ3n) is 3.82. The van der Waals surface area contributed by atoms with Crippen LogP contribution < -0.4 is 15.4 Å². The molecule has 2 rings (SSSR count). The van der Waals surface area contributed by atoms with E-state index in [0.717, 1.165) is 5.75 Å². The van der Waals surface area contributed by atoms with Crippen LogP contribution in [0.15, 0.2) is 48.5 Å². The summed E-state index contributed by atoms with van der Waals surface area (Å²) in [5.41, 5.74) is 2.45. The maximum absolute atomic E-state index is 12.2. The summed E-state index contributed by atoms with van der Waals surface area (Å²) in [5, 5.41) is 5.47. The number of benzene rings is 2. The molecule has 5 nitrogen and oxygen atoms in total. The van der Waals surface area contributed by atoms with Crippen molar-refractivity contribution in [2.75, 3.05) is 18.5 Å². The summed E-state index contributed by atoms with van der Waals surface area (Å²) in [6.45, 7) is 8.70. The van der Waals surface area contributed by atoms with Gasteiger partial charge < -0.3 is 15.4 Å². The highest BCUT2D eigenvalue weighted by molar-refractivity contribution is 5.96. The first kappa shape index (κ1) is 19.5. The summed E-state index contributed by atoms with van der Waals surface area (Å²) in [6.07, 6.45) is 0. The van der Waals surface area contributed by atoms with Crippen molar-refractivity contribution in [1.82, 2.24) is 5.32 Å². The van der Waals surface area contributed by atoms with Crippen molar-refractivity contribution < 1.29 is 14.3 Å². The monoisotopic (exact) mass is 354 g/mol. The van der Waals surface area contributed by atoms with Gasteiger partial charge in [0.15, 0.2) is 0 Å². The molecule has 2 aromatic rings. The number of carbonyl (C=O) groups excluding carboxylic acids is 2. The van der Waals surface area contributed by atoms with Crippen molar-refractivity contribution in [3.8, 4) is 5.75 Å². The molecule has 2 amide bonds. The first-order valence-corrected chi connectivity index (χ1v) is 8.65. The third-order valence-corrected chi connectivity index (χ3v) is 3.82. The minimum atomic E-state index is -0.205. The van der Waals surface area contributed by atoms with Crippen molar-refractivity contribution in [2.45, 2.75) is 33.1 Å². The van der Waals surface area contributed by atoms with Crippen molar-refractivity contribution in [1.29, 1.82) is 0 Å². The number of ether oxygens (including phenoxy) is 1. The van der Waals surface area contributed by atoms with Gasteiger partial charge in [-0.15, -0.1) is 0 Å². The van der Waals surface area contributed by atoms with Gasteiger partial charge in [0.05, 0.1) is 6.54 Å². The molecule has 0 radical (unpaired) electrons. The highest BCUT2D eigenvalue weighted by Crippen LogP contribution is 2.24. The average molecular weight is 354 g/mol. The molecule has 0 aliphatic rings. The number of hydrogen-bond acceptors (Lipinski definition) is 3. The minimum Gasteiger partial charge on any atom is -0.492 e. The zero-order chi connectivity index (χ0) is 19.2. The van der Waals surface area contributed by atoms with Crippen LogP contribution in [0.5, 0.6) is 5.75 Å². The number of anilines is 1. The molecule has 5 heteroatoms. The van der Waals surface area contributed by atoms with E-state index in [9.17, 15) is 9.59 Å². The number of carbonyl (C=O) groups is 2. The Morgan fingerprint density at radius 3 is 2.35 bits per heavy atom. The molecule has 0 fully saturated rings. The Hall–Kier alpha value is -2.82. The Kier molecular flexibility index (Phi) is 6.39. The lowest BCUT2D eigenvalue weighted by atomic mass is 9.87. The zero-order valence-electron chi connectivity index (χ0n) is 15.8. The van der Waals surface area contributed by atoms with Crippen LogP contribution in [-0.2, 0) is 10.2 Å². The Balaban J connectivity index is 1.81. The van der Waals surface area contributed by atoms with Crippen molar-refractivity contribution >= 4 is 17.5 Å². The Morgan fingerprint density at radius 1 is 1.04 bits per heavy atom. The summed E-state index contributed by atoms with van der Waals surface area (Å²) >= 11 is 0. The fraction of sp³-hybridized carbons (Fsp3) is 0.333. The lowest BCUT2D eigenvalue weighted by Gasteiger charge is -2.19. The van der Waals surface area contributed by atoms with Gasteiger partial charge in [-0.1, -0.05) is 39.0 Å². The van der Waals surface area contributed by atoms with Gasteiger partial charge in [0.1, 0.15) is 12.4 Å². The van der Waals surface area contributed by atoms with E-state index in [-0.39, 0.29) is 17.2 Å². The molecule has 0 heterocycles. The summed E-state index contributed by atoms with van der Waals surface area (Å²) in [7, 11) is 0. The predicted molar refractivity (Wildman–Crippen MR) is 104 cm³/mol. The predicted octanol–water partition coefficient (Wildman–Crippen LogP) is 3.75. The van der Waals surface area contributed by atoms with Crippen molar-refractivity contribution in [2.24, 2.45) is 0 Å². The normalized spacial score (nSPS) is 10.9. The van der Waals surface area contributed by atoms with E-state index in [1.165, 1.54) is 12.5 Å². The summed E-state index contributed by atoms with van der Waals surface area (Å²) in [4.78, 5) is 23.3. The standard InChI is InChI=1S/C21H26N2O3/c1-15(24)23-18-7-5-6-16(14-18)20(25)22-12-13-26-19-10-8-17(9-11-19)21(2,3)4/h5-11,14H,12-13H2,1-4H3,(H,22,25)(H,23,24). The van der Waals surface area contributed by atoms with Crippen molar-refractivity contribution in [3.05, 3.63) is 59.7 Å². The van der Waals surface area contributed by atoms with Crippen LogP contribution >= 0.6 is 0 Å². The van der Waals surface area contributed by atoms with Gasteiger partial charge in [0, 0.05) is 18.2 Å². The Morgan fingerprint density at radius 2 is 1.73 bits per heavy atom. The lowest BCUT2D eigenvalue weighted by molar-refractivity contribution is -0.114. The van der Waals surface area contributed by atoms with E-state index in [1.807, 2.05) is 12.1 Å². The van der Waals surface area contributed by atoms with Crippen molar-refractivity contribution in [3.63, 3.8) is 0 Å². The molecule has 0 aliphatic carbocycles. The SMILES string of the molecule is CC(=O)Nc1cccc(C(=O)NCCOc2ccc(C(C)(C)C)cc2)c1. The fourth-order valence-electron chi connectivity index (χ4n) is 2.43. The van der Waals surface area contributed by atoms with Gasteiger partial charge in [0.2, 0.25) is 5.91 Å². The van der Waals surface area contributed by atoms with E-state index in [1.54, 1.807) is 24.3 Å². The topological polar surface area (TPSA) is 67.4 Å². The number of amides is 2. The van der Waals surface area contributed by atoms with Crippen LogP contribution in [0.3, 0.4) is 0 Å². The van der Waals surface area contributed by atoms with Crippen LogP contribution in [0, 0.1) is 0 Å². The van der Waals surface area contributed by atoms with E-state index < -0.39 is 0 Å². The molecule has 2 aromatic carbocycles. The van der Waals surface area contributed by atoms with Crippen LogP contribution in [0.1, 0.15) is 43.6 Å². The van der Waals surface area contributed by atoms with Crippen LogP contribution in [-0.4, -0.2) is 25.0 Å². The molecule has 26 heavy (non-hydrogen) atoms. The number of hydrogen-bond donors (Lipinski definition) is 2. The highest BCUT2D eigenvalue weighted by Gasteiger charge is 2.13. The quantitative estimate of drug-likeness (QED) is 0.776. The summed E-state index contributed by atoms with van der Waals surface area (Å²) in [6, 6.07) is 14.8. The zero-order valence-corrected chi connectivity index (χ0v) is 15.8. The molecule has 0 spiro atoms. The minimum absolute atomic E-state index is 0.109. The molecule has 0 aliphatic heterocycles. The molecule has 0 saturated heterocycles. The second kappa shape index (κ2) is 8.52. The molecule has 0 aromatic heterocycles. The molecule has 0 unspecified atom stereocenters. The maximum Gasteiger partial charge on any atom is 0.251 e. The van der Waals surface area contributed by atoms with Gasteiger partial charge in [-0.05, 0) is 41.3 Å². The average Bonchev–Trinajstić information content (AvgIpc) is 2.58. The van der Waals surface area contributed by atoms with E-state index in [4.69, 9.17) is 4.74 Å². The number of nitrogens with one attached hydrogen (secondary N) is 2. The second-order valence-corrected chi connectivity index (χ2v) is 7.14. The van der Waals surface area contributed by atoms with Gasteiger partial charge >= 0.3 is 0 Å². The second-order valence-electron chi connectivity index (χ2n) is 7.14. The van der Waals surface area contributed by atoms with Crippen LogP contribution in [0.25, 0.3) is 0 Å². The largest absolute Gasteiger partial charge is 0.492 e. The first-order chi connectivity index (χ1) is 12.3.